The van der Waals surface area contributed by atoms with E-state index in [1.54, 1.807) is 6.33 Å². The second-order valence-electron chi connectivity index (χ2n) is 7.26. The van der Waals surface area contributed by atoms with Gasteiger partial charge in [-0.1, -0.05) is 31.0 Å². The van der Waals surface area contributed by atoms with Gasteiger partial charge in [-0.05, 0) is 50.1 Å². The molecule has 3 aromatic rings. The van der Waals surface area contributed by atoms with Gasteiger partial charge in [0.2, 0.25) is 5.91 Å². The number of para-hydroxylation sites is 2. The van der Waals surface area contributed by atoms with E-state index in [1.807, 2.05) is 47.9 Å². The molecule has 1 aromatic heterocycles. The number of fused-ring (bicyclic) bond motifs is 1. The van der Waals surface area contributed by atoms with Crippen molar-refractivity contribution in [3.05, 3.63) is 54.9 Å². The predicted octanol–water partition coefficient (Wildman–Crippen LogP) is 4.62. The van der Waals surface area contributed by atoms with E-state index in [4.69, 9.17) is 0 Å². The number of carbonyl (C=O) groups excluding carboxylic acids is 1. The van der Waals surface area contributed by atoms with Gasteiger partial charge >= 0.3 is 0 Å². The molecule has 0 aliphatic carbocycles. The molecule has 4 rings (SSSR count). The Morgan fingerprint density at radius 2 is 1.81 bits per heavy atom. The number of carbonyl (C=O) groups is 1. The molecule has 1 aliphatic heterocycles. The Labute approximate surface area is 160 Å². The first-order valence-electron chi connectivity index (χ1n) is 9.80. The van der Waals surface area contributed by atoms with Crippen LogP contribution in [0.15, 0.2) is 54.9 Å². The highest BCUT2D eigenvalue weighted by Gasteiger charge is 2.18. The number of imidazole rings is 1. The van der Waals surface area contributed by atoms with Crippen LogP contribution in [-0.4, -0.2) is 28.5 Å². The van der Waals surface area contributed by atoms with Gasteiger partial charge in [-0.25, -0.2) is 4.98 Å². The smallest absolute Gasteiger partial charge is 0.247 e. The van der Waals surface area contributed by atoms with Crippen LogP contribution in [-0.2, 0) is 4.79 Å². The van der Waals surface area contributed by atoms with Gasteiger partial charge in [0.1, 0.15) is 6.04 Å². The molecule has 2 aromatic carbocycles. The zero-order chi connectivity index (χ0) is 18.6. The third-order valence-corrected chi connectivity index (χ3v) is 5.36. The van der Waals surface area contributed by atoms with Crippen LogP contribution in [0.1, 0.15) is 38.6 Å². The third-order valence-electron chi connectivity index (χ3n) is 5.36. The van der Waals surface area contributed by atoms with Crippen LogP contribution >= 0.6 is 0 Å². The minimum absolute atomic E-state index is 0.0360. The molecule has 1 fully saturated rings. The molecule has 0 saturated carbocycles. The van der Waals surface area contributed by atoms with Crippen molar-refractivity contribution in [3.8, 4) is 0 Å². The van der Waals surface area contributed by atoms with Crippen molar-refractivity contribution >= 4 is 28.3 Å². The lowest BCUT2D eigenvalue weighted by atomic mass is 10.2. The van der Waals surface area contributed by atoms with Crippen molar-refractivity contribution in [3.63, 3.8) is 0 Å². The zero-order valence-electron chi connectivity index (χ0n) is 15.8. The fourth-order valence-electron chi connectivity index (χ4n) is 3.77. The summed E-state index contributed by atoms with van der Waals surface area (Å²) in [7, 11) is 0. The Hall–Kier alpha value is -2.82. The summed E-state index contributed by atoms with van der Waals surface area (Å²) in [4.78, 5) is 19.6. The highest BCUT2D eigenvalue weighted by Crippen LogP contribution is 2.24. The lowest BCUT2D eigenvalue weighted by Gasteiger charge is -2.23. The molecule has 1 aliphatic rings. The Bertz CT molecular complexity index is 925. The fraction of sp³-hybridized carbons (Fsp3) is 0.364. The molecule has 0 spiro atoms. The molecule has 2 heterocycles. The van der Waals surface area contributed by atoms with Crippen molar-refractivity contribution in [1.29, 1.82) is 0 Å². The average Bonchev–Trinajstić information content (AvgIpc) is 2.93. The number of hydrogen-bond donors (Lipinski definition) is 1. The summed E-state index contributed by atoms with van der Waals surface area (Å²) < 4.78 is 1.92. The van der Waals surface area contributed by atoms with Crippen LogP contribution in [0.5, 0.6) is 0 Å². The summed E-state index contributed by atoms with van der Waals surface area (Å²) in [6, 6.07) is 15.7. The standard InChI is InChI=1S/C22H26N4O/c1-17(26-16-23-20-11-4-5-12-21(20)26)22(27)24-18-9-8-10-19(15-18)25-13-6-2-3-7-14-25/h4-5,8-12,15-17H,2-3,6-7,13-14H2,1H3,(H,24,27). The molecule has 0 radical (unpaired) electrons. The van der Waals surface area contributed by atoms with Crippen molar-refractivity contribution in [2.24, 2.45) is 0 Å². The number of nitrogens with one attached hydrogen (secondary N) is 1. The first-order chi connectivity index (χ1) is 13.2. The molecular weight excluding hydrogens is 336 g/mol. The molecule has 1 atom stereocenters. The SMILES string of the molecule is CC(C(=O)Nc1cccc(N2CCCCCC2)c1)n1cnc2ccccc21. The molecule has 0 bridgehead atoms. The number of hydrogen-bond acceptors (Lipinski definition) is 3. The zero-order valence-corrected chi connectivity index (χ0v) is 15.8. The quantitative estimate of drug-likeness (QED) is 0.737. The van der Waals surface area contributed by atoms with Crippen molar-refractivity contribution in [2.75, 3.05) is 23.3 Å². The minimum Gasteiger partial charge on any atom is -0.371 e. The summed E-state index contributed by atoms with van der Waals surface area (Å²) in [6.45, 7) is 4.09. The molecule has 1 amide bonds. The second-order valence-corrected chi connectivity index (χ2v) is 7.26. The van der Waals surface area contributed by atoms with Crippen LogP contribution in [0.3, 0.4) is 0 Å². The van der Waals surface area contributed by atoms with E-state index >= 15 is 0 Å². The number of aromatic nitrogens is 2. The van der Waals surface area contributed by atoms with Crippen LogP contribution in [0.2, 0.25) is 0 Å². The van der Waals surface area contributed by atoms with E-state index in [9.17, 15) is 4.79 Å². The first kappa shape index (κ1) is 17.6. The summed E-state index contributed by atoms with van der Waals surface area (Å²) in [5.74, 6) is -0.0360. The highest BCUT2D eigenvalue weighted by molar-refractivity contribution is 5.95. The molecular formula is C22H26N4O. The normalized spacial score (nSPS) is 16.1. The maximum absolute atomic E-state index is 12.8. The van der Waals surface area contributed by atoms with Gasteiger partial charge < -0.3 is 14.8 Å². The Morgan fingerprint density at radius 1 is 1.04 bits per heavy atom. The van der Waals surface area contributed by atoms with Crippen molar-refractivity contribution in [1.82, 2.24) is 9.55 Å². The van der Waals surface area contributed by atoms with Crippen LogP contribution in [0, 0.1) is 0 Å². The summed E-state index contributed by atoms with van der Waals surface area (Å²) in [5, 5.41) is 3.08. The Balaban J connectivity index is 1.50. The van der Waals surface area contributed by atoms with E-state index in [0.717, 1.165) is 29.8 Å². The van der Waals surface area contributed by atoms with Crippen molar-refractivity contribution < 1.29 is 4.79 Å². The second kappa shape index (κ2) is 7.82. The van der Waals surface area contributed by atoms with Crippen LogP contribution < -0.4 is 10.2 Å². The van der Waals surface area contributed by atoms with E-state index in [2.05, 4.69) is 27.3 Å². The lowest BCUT2D eigenvalue weighted by molar-refractivity contribution is -0.118. The van der Waals surface area contributed by atoms with E-state index in [0.29, 0.717) is 0 Å². The predicted molar refractivity (Wildman–Crippen MR) is 110 cm³/mol. The van der Waals surface area contributed by atoms with Crippen LogP contribution in [0.25, 0.3) is 11.0 Å². The van der Waals surface area contributed by atoms with Gasteiger partial charge in [-0.3, -0.25) is 4.79 Å². The third kappa shape index (κ3) is 3.82. The van der Waals surface area contributed by atoms with Gasteiger partial charge in [0.05, 0.1) is 17.4 Å². The van der Waals surface area contributed by atoms with E-state index < -0.39 is 0 Å². The Morgan fingerprint density at radius 3 is 2.63 bits per heavy atom. The van der Waals surface area contributed by atoms with Gasteiger partial charge in [0.25, 0.3) is 0 Å². The monoisotopic (exact) mass is 362 g/mol. The minimum atomic E-state index is -0.334. The van der Waals surface area contributed by atoms with E-state index in [1.165, 1.54) is 31.4 Å². The fourth-order valence-corrected chi connectivity index (χ4v) is 3.77. The Kier molecular flexibility index (Phi) is 5.10. The van der Waals surface area contributed by atoms with Crippen molar-refractivity contribution in [2.45, 2.75) is 38.6 Å². The number of nitrogens with zero attached hydrogens (tertiary/aromatic N) is 3. The van der Waals surface area contributed by atoms with Gasteiger partial charge in [-0.15, -0.1) is 0 Å². The molecule has 5 nitrogen and oxygen atoms in total. The highest BCUT2D eigenvalue weighted by atomic mass is 16.2. The molecule has 1 saturated heterocycles. The number of anilines is 2. The maximum atomic E-state index is 12.8. The summed E-state index contributed by atoms with van der Waals surface area (Å²) >= 11 is 0. The number of rotatable bonds is 4. The first-order valence-corrected chi connectivity index (χ1v) is 9.80. The molecule has 140 valence electrons. The molecule has 27 heavy (non-hydrogen) atoms. The molecule has 5 heteroatoms. The van der Waals surface area contributed by atoms with Gasteiger partial charge in [-0.2, -0.15) is 0 Å². The number of benzene rings is 2. The average molecular weight is 362 g/mol. The summed E-state index contributed by atoms with van der Waals surface area (Å²) in [6.07, 6.45) is 6.83. The maximum Gasteiger partial charge on any atom is 0.247 e. The molecule has 1 unspecified atom stereocenters. The van der Waals surface area contributed by atoms with Gasteiger partial charge in [0, 0.05) is 24.5 Å². The topological polar surface area (TPSA) is 50.2 Å². The summed E-state index contributed by atoms with van der Waals surface area (Å²) in [5.41, 5.74) is 3.91. The largest absolute Gasteiger partial charge is 0.371 e. The van der Waals surface area contributed by atoms with Crippen LogP contribution in [0.4, 0.5) is 11.4 Å². The van der Waals surface area contributed by atoms with E-state index in [-0.39, 0.29) is 11.9 Å². The number of amides is 1. The van der Waals surface area contributed by atoms with Gasteiger partial charge in [0.15, 0.2) is 0 Å². The lowest BCUT2D eigenvalue weighted by Crippen LogP contribution is -2.25. The molecule has 1 N–H and O–H groups in total.